The van der Waals surface area contributed by atoms with Crippen LogP contribution in [0.4, 0.5) is 5.69 Å². The largest absolute Gasteiger partial charge is 0.465 e. The van der Waals surface area contributed by atoms with E-state index in [-0.39, 0.29) is 6.73 Å². The predicted octanol–water partition coefficient (Wildman–Crippen LogP) is 0.835. The van der Waals surface area contributed by atoms with Crippen LogP contribution in [0.15, 0.2) is 24.3 Å². The molecular weight excluding hydrogens is 170 g/mol. The van der Waals surface area contributed by atoms with Gasteiger partial charge >= 0.3 is 5.97 Å². The number of para-hydroxylation sites is 1. The topological polar surface area (TPSA) is 58.6 Å². The molecule has 0 heterocycles. The van der Waals surface area contributed by atoms with Crippen LogP contribution in [0.1, 0.15) is 10.4 Å². The van der Waals surface area contributed by atoms with Crippen LogP contribution < -0.4 is 5.32 Å². The van der Waals surface area contributed by atoms with Gasteiger partial charge < -0.3 is 15.2 Å². The maximum atomic E-state index is 11.2. The normalized spacial score (nSPS) is 9.38. The van der Waals surface area contributed by atoms with E-state index in [9.17, 15) is 4.79 Å². The number of ether oxygens (including phenoxy) is 1. The van der Waals surface area contributed by atoms with Crippen molar-refractivity contribution >= 4 is 11.7 Å². The van der Waals surface area contributed by atoms with Crippen LogP contribution in [0.3, 0.4) is 0 Å². The minimum atomic E-state index is -0.420. The maximum absolute atomic E-state index is 11.2. The molecule has 0 saturated carbocycles. The molecule has 2 N–H and O–H groups in total. The van der Waals surface area contributed by atoms with Gasteiger partial charge in [-0.05, 0) is 12.1 Å². The summed E-state index contributed by atoms with van der Waals surface area (Å²) >= 11 is 0. The minimum Gasteiger partial charge on any atom is -0.465 e. The number of methoxy groups -OCH3 is 1. The number of benzene rings is 1. The van der Waals surface area contributed by atoms with Gasteiger partial charge in [-0.1, -0.05) is 12.1 Å². The molecule has 0 bridgehead atoms. The zero-order valence-electron chi connectivity index (χ0n) is 7.28. The van der Waals surface area contributed by atoms with Crippen molar-refractivity contribution in [2.24, 2.45) is 0 Å². The molecule has 1 rings (SSSR count). The Morgan fingerprint density at radius 3 is 2.85 bits per heavy atom. The van der Waals surface area contributed by atoms with Gasteiger partial charge in [0.05, 0.1) is 18.4 Å². The molecule has 1 aromatic rings. The highest BCUT2D eigenvalue weighted by Crippen LogP contribution is 2.14. The number of carbonyl (C=O) groups excluding carboxylic acids is 1. The van der Waals surface area contributed by atoms with Crippen molar-refractivity contribution in [3.8, 4) is 0 Å². The molecule has 0 aliphatic carbocycles. The Morgan fingerprint density at radius 1 is 1.54 bits per heavy atom. The number of esters is 1. The van der Waals surface area contributed by atoms with Crippen molar-refractivity contribution in [1.82, 2.24) is 0 Å². The molecule has 70 valence electrons. The summed E-state index contributed by atoms with van der Waals surface area (Å²) in [5.41, 5.74) is 0.982. The quantitative estimate of drug-likeness (QED) is 0.535. The van der Waals surface area contributed by atoms with E-state index >= 15 is 0 Å². The van der Waals surface area contributed by atoms with E-state index < -0.39 is 5.97 Å². The van der Waals surface area contributed by atoms with Crippen LogP contribution in [0, 0.1) is 0 Å². The molecule has 0 radical (unpaired) electrons. The summed E-state index contributed by atoms with van der Waals surface area (Å²) < 4.78 is 4.56. The average Bonchev–Trinajstić information content (AvgIpc) is 2.18. The molecule has 0 aliphatic rings. The first-order valence-electron chi connectivity index (χ1n) is 3.81. The summed E-state index contributed by atoms with van der Waals surface area (Å²) in [6.45, 7) is -0.214. The molecule has 4 heteroatoms. The van der Waals surface area contributed by atoms with Crippen molar-refractivity contribution in [2.75, 3.05) is 19.2 Å². The molecule has 0 spiro atoms. The number of hydrogen-bond donors (Lipinski definition) is 2. The molecule has 0 unspecified atom stereocenters. The van der Waals surface area contributed by atoms with Gasteiger partial charge in [0.2, 0.25) is 0 Å². The van der Waals surface area contributed by atoms with E-state index in [2.05, 4.69) is 10.1 Å². The Kier molecular flexibility index (Phi) is 3.28. The molecule has 4 nitrogen and oxygen atoms in total. The first-order chi connectivity index (χ1) is 6.29. The van der Waals surface area contributed by atoms with E-state index in [4.69, 9.17) is 5.11 Å². The monoisotopic (exact) mass is 181 g/mol. The predicted molar refractivity (Wildman–Crippen MR) is 48.5 cm³/mol. The van der Waals surface area contributed by atoms with Crippen LogP contribution in [-0.4, -0.2) is 24.9 Å². The first kappa shape index (κ1) is 9.54. The third-order valence-electron chi connectivity index (χ3n) is 1.60. The molecular formula is C9H11NO3. The molecule has 0 aliphatic heterocycles. The van der Waals surface area contributed by atoms with Gasteiger partial charge in [0.15, 0.2) is 0 Å². The number of nitrogens with one attached hydrogen (secondary N) is 1. The lowest BCUT2D eigenvalue weighted by molar-refractivity contribution is 0.0602. The lowest BCUT2D eigenvalue weighted by Crippen LogP contribution is -2.08. The van der Waals surface area contributed by atoms with Crippen LogP contribution >= 0.6 is 0 Å². The summed E-state index contributed by atoms with van der Waals surface area (Å²) in [6, 6.07) is 6.82. The zero-order valence-corrected chi connectivity index (χ0v) is 7.28. The van der Waals surface area contributed by atoms with Crippen molar-refractivity contribution in [3.63, 3.8) is 0 Å². The van der Waals surface area contributed by atoms with Gasteiger partial charge in [-0.25, -0.2) is 4.79 Å². The highest BCUT2D eigenvalue weighted by molar-refractivity contribution is 5.95. The average molecular weight is 181 g/mol. The maximum Gasteiger partial charge on any atom is 0.339 e. The summed E-state index contributed by atoms with van der Waals surface area (Å²) in [6.07, 6.45) is 0. The second-order valence-corrected chi connectivity index (χ2v) is 2.37. The Labute approximate surface area is 76.1 Å². The summed E-state index contributed by atoms with van der Waals surface area (Å²) in [5.74, 6) is -0.420. The van der Waals surface area contributed by atoms with E-state index in [1.165, 1.54) is 7.11 Å². The molecule has 13 heavy (non-hydrogen) atoms. The molecule has 0 atom stereocenters. The highest BCUT2D eigenvalue weighted by Gasteiger charge is 2.09. The van der Waals surface area contributed by atoms with Gasteiger partial charge in [0.1, 0.15) is 6.73 Å². The lowest BCUT2D eigenvalue weighted by atomic mass is 10.2. The van der Waals surface area contributed by atoms with Crippen molar-refractivity contribution < 1.29 is 14.6 Å². The Bertz CT molecular complexity index is 299. The van der Waals surface area contributed by atoms with E-state index in [1.54, 1.807) is 24.3 Å². The van der Waals surface area contributed by atoms with E-state index in [1.807, 2.05) is 0 Å². The van der Waals surface area contributed by atoms with Crippen LogP contribution in [0.25, 0.3) is 0 Å². The number of anilines is 1. The Balaban J connectivity index is 2.97. The van der Waals surface area contributed by atoms with Gasteiger partial charge in [0.25, 0.3) is 0 Å². The lowest BCUT2D eigenvalue weighted by Gasteiger charge is -2.07. The minimum absolute atomic E-state index is 0.214. The van der Waals surface area contributed by atoms with Gasteiger partial charge in [0, 0.05) is 0 Å². The smallest absolute Gasteiger partial charge is 0.339 e. The number of carbonyl (C=O) groups is 1. The van der Waals surface area contributed by atoms with Crippen molar-refractivity contribution in [2.45, 2.75) is 0 Å². The fourth-order valence-corrected chi connectivity index (χ4v) is 1.01. The highest BCUT2D eigenvalue weighted by atomic mass is 16.5. The molecule has 0 fully saturated rings. The van der Waals surface area contributed by atoms with Crippen LogP contribution in [-0.2, 0) is 4.74 Å². The second kappa shape index (κ2) is 4.47. The number of hydrogen-bond acceptors (Lipinski definition) is 4. The van der Waals surface area contributed by atoms with Crippen molar-refractivity contribution in [1.29, 1.82) is 0 Å². The molecule has 0 aromatic heterocycles. The van der Waals surface area contributed by atoms with Gasteiger partial charge in [-0.3, -0.25) is 0 Å². The van der Waals surface area contributed by atoms with Crippen molar-refractivity contribution in [3.05, 3.63) is 29.8 Å². The molecule has 0 amide bonds. The van der Waals surface area contributed by atoms with Gasteiger partial charge in [-0.15, -0.1) is 0 Å². The SMILES string of the molecule is COC(=O)c1ccccc1NCO. The third kappa shape index (κ3) is 2.19. The summed E-state index contributed by atoms with van der Waals surface area (Å²) in [5, 5.41) is 11.3. The number of aliphatic hydroxyl groups is 1. The summed E-state index contributed by atoms with van der Waals surface area (Å²) in [4.78, 5) is 11.2. The van der Waals surface area contributed by atoms with Crippen LogP contribution in [0.5, 0.6) is 0 Å². The Morgan fingerprint density at radius 2 is 2.23 bits per heavy atom. The fourth-order valence-electron chi connectivity index (χ4n) is 1.01. The fraction of sp³-hybridized carbons (Fsp3) is 0.222. The third-order valence-corrected chi connectivity index (χ3v) is 1.60. The standard InChI is InChI=1S/C9H11NO3/c1-13-9(12)7-4-2-3-5-8(7)10-6-11/h2-5,10-11H,6H2,1H3. The van der Waals surface area contributed by atoms with E-state index in [0.717, 1.165) is 0 Å². The molecule has 0 saturated heterocycles. The van der Waals surface area contributed by atoms with Gasteiger partial charge in [-0.2, -0.15) is 0 Å². The van der Waals surface area contributed by atoms with E-state index in [0.29, 0.717) is 11.3 Å². The Hall–Kier alpha value is -1.55. The zero-order chi connectivity index (χ0) is 9.68. The number of aliphatic hydroxyl groups excluding tert-OH is 1. The molecule has 1 aromatic carbocycles. The summed E-state index contributed by atoms with van der Waals surface area (Å²) in [7, 11) is 1.32. The first-order valence-corrected chi connectivity index (χ1v) is 3.81. The van der Waals surface area contributed by atoms with Crippen LogP contribution in [0.2, 0.25) is 0 Å². The number of rotatable bonds is 3. The second-order valence-electron chi connectivity index (χ2n) is 2.37.